The van der Waals surface area contributed by atoms with E-state index >= 15 is 0 Å². The molecule has 3 nitrogen and oxygen atoms in total. The van der Waals surface area contributed by atoms with Gasteiger partial charge >= 0.3 is 0 Å². The molecule has 3 heteroatoms. The molecule has 0 N–H and O–H groups in total. The minimum absolute atomic E-state index is 0.212. The molecule has 2 rings (SSSR count). The highest BCUT2D eigenvalue weighted by atomic mass is 16.2. The lowest BCUT2D eigenvalue weighted by atomic mass is 10.1. The Labute approximate surface area is 109 Å². The monoisotopic (exact) mass is 245 g/mol. The predicted octanol–water partition coefficient (Wildman–Crippen LogP) is 2.97. The van der Waals surface area contributed by atoms with Crippen molar-refractivity contribution < 1.29 is 9.59 Å². The van der Waals surface area contributed by atoms with E-state index in [1.165, 1.54) is 7.05 Å². The molecule has 0 saturated heterocycles. The summed E-state index contributed by atoms with van der Waals surface area (Å²) in [6.07, 6.45) is 0. The fourth-order valence-corrected chi connectivity index (χ4v) is 1.31. The number of amides is 2. The SMILES string of the molecule is CC.CC#CC.CN1C(=O)c2ccccc2C1=O. The van der Waals surface area contributed by atoms with Gasteiger partial charge in [-0.3, -0.25) is 14.5 Å². The standard InChI is InChI=1S/C9H7NO2.C4H6.C2H6/c1-10-8(11)6-4-2-3-5-7(6)9(10)12;1-3-4-2;1-2/h2-5H,1H3;1-2H3;1-2H3. The first-order valence-corrected chi connectivity index (χ1v) is 5.88. The van der Waals surface area contributed by atoms with Crippen LogP contribution in [0.4, 0.5) is 0 Å². The predicted molar refractivity (Wildman–Crippen MR) is 73.3 cm³/mol. The second-order valence-electron chi connectivity index (χ2n) is 3.21. The maximum absolute atomic E-state index is 11.3. The zero-order valence-corrected chi connectivity index (χ0v) is 11.6. The minimum atomic E-state index is -0.212. The van der Waals surface area contributed by atoms with Crippen LogP contribution in [-0.4, -0.2) is 23.8 Å². The van der Waals surface area contributed by atoms with Crippen LogP contribution in [0.15, 0.2) is 24.3 Å². The first kappa shape index (κ1) is 15.9. The van der Waals surface area contributed by atoms with Gasteiger partial charge in [0.15, 0.2) is 0 Å². The molecule has 0 saturated carbocycles. The van der Waals surface area contributed by atoms with Crippen LogP contribution in [0.1, 0.15) is 48.4 Å². The van der Waals surface area contributed by atoms with Crippen LogP contribution >= 0.6 is 0 Å². The van der Waals surface area contributed by atoms with E-state index in [9.17, 15) is 9.59 Å². The van der Waals surface area contributed by atoms with Crippen LogP contribution in [0, 0.1) is 11.8 Å². The molecule has 1 heterocycles. The van der Waals surface area contributed by atoms with E-state index < -0.39 is 0 Å². The molecule has 0 unspecified atom stereocenters. The summed E-state index contributed by atoms with van der Waals surface area (Å²) in [7, 11) is 1.49. The van der Waals surface area contributed by atoms with Gasteiger partial charge in [-0.15, -0.1) is 11.8 Å². The van der Waals surface area contributed by atoms with Gasteiger partial charge in [0.2, 0.25) is 0 Å². The van der Waals surface area contributed by atoms with E-state index in [-0.39, 0.29) is 11.8 Å². The van der Waals surface area contributed by atoms with Gasteiger partial charge in [0, 0.05) is 7.05 Å². The lowest BCUT2D eigenvalue weighted by molar-refractivity contribution is 0.0693. The third-order valence-corrected chi connectivity index (χ3v) is 2.25. The van der Waals surface area contributed by atoms with Gasteiger partial charge in [0.1, 0.15) is 0 Å². The number of fused-ring (bicyclic) bond motifs is 1. The van der Waals surface area contributed by atoms with Crippen molar-refractivity contribution >= 4 is 11.8 Å². The largest absolute Gasteiger partial charge is 0.277 e. The van der Waals surface area contributed by atoms with E-state index in [1.54, 1.807) is 24.3 Å². The highest BCUT2D eigenvalue weighted by Gasteiger charge is 2.31. The van der Waals surface area contributed by atoms with Crippen molar-refractivity contribution in [2.75, 3.05) is 7.05 Å². The molecule has 0 radical (unpaired) electrons. The summed E-state index contributed by atoms with van der Waals surface area (Å²) in [5.74, 6) is 4.94. The third-order valence-electron chi connectivity index (χ3n) is 2.25. The highest BCUT2D eigenvalue weighted by molar-refractivity contribution is 6.21. The van der Waals surface area contributed by atoms with Gasteiger partial charge in [0.25, 0.3) is 11.8 Å². The molecule has 0 aromatic heterocycles. The van der Waals surface area contributed by atoms with Gasteiger partial charge in [-0.05, 0) is 26.0 Å². The lowest BCUT2D eigenvalue weighted by Gasteiger charge is -2.02. The molecule has 0 atom stereocenters. The molecule has 0 aliphatic carbocycles. The number of carbonyl (C=O) groups is 2. The van der Waals surface area contributed by atoms with Gasteiger partial charge in [-0.25, -0.2) is 0 Å². The molecule has 0 spiro atoms. The number of imide groups is 1. The number of nitrogens with zero attached hydrogens (tertiary/aromatic N) is 1. The molecule has 1 aromatic carbocycles. The maximum atomic E-state index is 11.3. The molecule has 96 valence electrons. The molecule has 1 aliphatic heterocycles. The molecular weight excluding hydrogens is 226 g/mol. The van der Waals surface area contributed by atoms with Crippen molar-refractivity contribution in [2.45, 2.75) is 27.7 Å². The number of benzene rings is 1. The minimum Gasteiger partial charge on any atom is -0.277 e. The zero-order chi connectivity index (χ0) is 14.1. The fourth-order valence-electron chi connectivity index (χ4n) is 1.31. The molecule has 18 heavy (non-hydrogen) atoms. The normalized spacial score (nSPS) is 11.3. The van der Waals surface area contributed by atoms with Crippen molar-refractivity contribution in [3.05, 3.63) is 35.4 Å². The second-order valence-corrected chi connectivity index (χ2v) is 3.21. The van der Waals surface area contributed by atoms with Gasteiger partial charge in [-0.1, -0.05) is 26.0 Å². The average molecular weight is 245 g/mol. The van der Waals surface area contributed by atoms with Crippen molar-refractivity contribution in [1.82, 2.24) is 4.90 Å². The van der Waals surface area contributed by atoms with Crippen LogP contribution in [0.2, 0.25) is 0 Å². The van der Waals surface area contributed by atoms with E-state index in [2.05, 4.69) is 11.8 Å². The quantitative estimate of drug-likeness (QED) is 0.520. The van der Waals surface area contributed by atoms with Crippen molar-refractivity contribution in [3.63, 3.8) is 0 Å². The molecule has 1 aromatic rings. The fraction of sp³-hybridized carbons (Fsp3) is 0.333. The van der Waals surface area contributed by atoms with E-state index in [1.807, 2.05) is 27.7 Å². The Morgan fingerprint density at radius 2 is 1.22 bits per heavy atom. The highest BCUT2D eigenvalue weighted by Crippen LogP contribution is 2.20. The smallest absolute Gasteiger partial charge is 0.261 e. The van der Waals surface area contributed by atoms with Crippen molar-refractivity contribution in [1.29, 1.82) is 0 Å². The van der Waals surface area contributed by atoms with Gasteiger partial charge in [0.05, 0.1) is 11.1 Å². The molecular formula is C15H19NO2. The van der Waals surface area contributed by atoms with Crippen molar-refractivity contribution in [3.8, 4) is 11.8 Å². The van der Waals surface area contributed by atoms with Crippen LogP contribution < -0.4 is 0 Å². The van der Waals surface area contributed by atoms with Crippen molar-refractivity contribution in [2.24, 2.45) is 0 Å². The Kier molecular flexibility index (Phi) is 7.14. The average Bonchev–Trinajstić information content (AvgIpc) is 2.67. The Bertz CT molecular complexity index is 440. The molecule has 2 amide bonds. The summed E-state index contributed by atoms with van der Waals surface area (Å²) in [5, 5.41) is 0. The van der Waals surface area contributed by atoms with Gasteiger partial charge < -0.3 is 0 Å². The summed E-state index contributed by atoms with van der Waals surface area (Å²) in [6.45, 7) is 7.64. The maximum Gasteiger partial charge on any atom is 0.261 e. The third kappa shape index (κ3) is 3.46. The summed E-state index contributed by atoms with van der Waals surface area (Å²) in [6, 6.07) is 6.84. The van der Waals surface area contributed by atoms with Gasteiger partial charge in [-0.2, -0.15) is 0 Å². The molecule has 0 bridgehead atoms. The first-order chi connectivity index (χ1) is 8.63. The number of hydrogen-bond donors (Lipinski definition) is 0. The summed E-state index contributed by atoms with van der Waals surface area (Å²) in [5.41, 5.74) is 1.01. The summed E-state index contributed by atoms with van der Waals surface area (Å²) in [4.78, 5) is 23.8. The molecule has 1 aliphatic rings. The van der Waals surface area contributed by atoms with E-state index in [0.29, 0.717) is 11.1 Å². The number of carbonyl (C=O) groups excluding carboxylic acids is 2. The molecule has 0 fully saturated rings. The topological polar surface area (TPSA) is 37.4 Å². The Morgan fingerprint density at radius 3 is 1.50 bits per heavy atom. The zero-order valence-electron chi connectivity index (χ0n) is 11.6. The lowest BCUT2D eigenvalue weighted by Crippen LogP contribution is -2.24. The number of rotatable bonds is 0. The Hall–Kier alpha value is -2.08. The van der Waals surface area contributed by atoms with Crippen LogP contribution in [0.25, 0.3) is 0 Å². The van der Waals surface area contributed by atoms with E-state index in [0.717, 1.165) is 4.90 Å². The summed E-state index contributed by atoms with van der Waals surface area (Å²) >= 11 is 0. The van der Waals surface area contributed by atoms with Crippen LogP contribution in [-0.2, 0) is 0 Å². The Balaban J connectivity index is 0.000000415. The summed E-state index contributed by atoms with van der Waals surface area (Å²) < 4.78 is 0. The van der Waals surface area contributed by atoms with Crippen LogP contribution in [0.5, 0.6) is 0 Å². The number of hydrogen-bond acceptors (Lipinski definition) is 2. The Morgan fingerprint density at radius 1 is 0.889 bits per heavy atom. The second kappa shape index (κ2) is 8.08. The van der Waals surface area contributed by atoms with E-state index in [4.69, 9.17) is 0 Å². The first-order valence-electron chi connectivity index (χ1n) is 5.88. The van der Waals surface area contributed by atoms with Crippen LogP contribution in [0.3, 0.4) is 0 Å².